The molecule has 1 heterocycles. The van der Waals surface area contributed by atoms with Crippen molar-refractivity contribution >= 4 is 5.78 Å². The van der Waals surface area contributed by atoms with E-state index >= 15 is 0 Å². The first-order valence-electron chi connectivity index (χ1n) is 4.55. The number of Topliss-reactive ketones (excluding diaryl/α,β-unsaturated/α-hetero) is 1. The van der Waals surface area contributed by atoms with E-state index in [2.05, 4.69) is 0 Å². The summed E-state index contributed by atoms with van der Waals surface area (Å²) in [6, 6.07) is 3.09. The van der Waals surface area contributed by atoms with Crippen molar-refractivity contribution in [3.63, 3.8) is 0 Å². The fourth-order valence-electron chi connectivity index (χ4n) is 1.16. The lowest BCUT2D eigenvalue weighted by molar-refractivity contribution is -0.135. The number of carbonyl (C=O) groups is 1. The fraction of sp³-hybridized carbons (Fsp3) is 0.500. The number of alkyl halides is 3. The van der Waals surface area contributed by atoms with E-state index in [0.717, 1.165) is 0 Å². The molecule has 1 aromatic rings. The summed E-state index contributed by atoms with van der Waals surface area (Å²) in [5.74, 6) is 0.330. The van der Waals surface area contributed by atoms with Crippen LogP contribution in [0.2, 0.25) is 0 Å². The SMILES string of the molecule is Cc1ccc(C(=O)CCCC(F)(F)F)o1. The van der Waals surface area contributed by atoms with Crippen LogP contribution < -0.4 is 0 Å². The van der Waals surface area contributed by atoms with Gasteiger partial charge in [-0.25, -0.2) is 0 Å². The third kappa shape index (κ3) is 4.18. The molecule has 0 aliphatic rings. The van der Waals surface area contributed by atoms with Crippen molar-refractivity contribution < 1.29 is 22.4 Å². The number of rotatable bonds is 4. The maximum Gasteiger partial charge on any atom is 0.389 e. The van der Waals surface area contributed by atoms with Crippen molar-refractivity contribution in [2.45, 2.75) is 32.4 Å². The Hall–Kier alpha value is -1.26. The first-order chi connectivity index (χ1) is 6.88. The van der Waals surface area contributed by atoms with Gasteiger partial charge in [-0.2, -0.15) is 13.2 Å². The smallest absolute Gasteiger partial charge is 0.389 e. The molecule has 0 saturated carbocycles. The highest BCUT2D eigenvalue weighted by Crippen LogP contribution is 2.23. The lowest BCUT2D eigenvalue weighted by Crippen LogP contribution is -2.08. The van der Waals surface area contributed by atoms with E-state index in [1.54, 1.807) is 13.0 Å². The van der Waals surface area contributed by atoms with Crippen LogP contribution in [0.3, 0.4) is 0 Å². The minimum absolute atomic E-state index is 0.132. The zero-order valence-corrected chi connectivity index (χ0v) is 8.23. The minimum atomic E-state index is -4.20. The quantitative estimate of drug-likeness (QED) is 0.727. The number of halogens is 3. The molecule has 0 bridgehead atoms. The lowest BCUT2D eigenvalue weighted by atomic mass is 10.1. The van der Waals surface area contributed by atoms with E-state index in [9.17, 15) is 18.0 Å². The summed E-state index contributed by atoms with van der Waals surface area (Å²) < 4.78 is 40.3. The molecule has 0 aliphatic heterocycles. The van der Waals surface area contributed by atoms with Crippen LogP contribution in [-0.4, -0.2) is 12.0 Å². The number of hydrogen-bond acceptors (Lipinski definition) is 2. The topological polar surface area (TPSA) is 30.2 Å². The second-order valence-corrected chi connectivity index (χ2v) is 3.30. The summed E-state index contributed by atoms with van der Waals surface area (Å²) in [4.78, 5) is 11.3. The zero-order valence-electron chi connectivity index (χ0n) is 8.23. The Morgan fingerprint density at radius 3 is 2.53 bits per heavy atom. The van der Waals surface area contributed by atoms with E-state index < -0.39 is 12.6 Å². The molecule has 0 atom stereocenters. The molecule has 0 amide bonds. The average Bonchev–Trinajstić information content (AvgIpc) is 2.49. The minimum Gasteiger partial charge on any atom is -0.458 e. The molecule has 0 unspecified atom stereocenters. The van der Waals surface area contributed by atoms with Gasteiger partial charge in [0, 0.05) is 12.8 Å². The van der Waals surface area contributed by atoms with Gasteiger partial charge in [0.1, 0.15) is 5.76 Å². The molecule has 1 rings (SSSR count). The van der Waals surface area contributed by atoms with E-state index in [4.69, 9.17) is 4.42 Å². The zero-order chi connectivity index (χ0) is 11.5. The van der Waals surface area contributed by atoms with Crippen molar-refractivity contribution in [3.8, 4) is 0 Å². The molecule has 0 aromatic carbocycles. The van der Waals surface area contributed by atoms with E-state index in [1.807, 2.05) is 0 Å². The van der Waals surface area contributed by atoms with Gasteiger partial charge in [-0.05, 0) is 25.5 Å². The third-order valence-electron chi connectivity index (χ3n) is 1.88. The predicted octanol–water partition coefficient (Wildman–Crippen LogP) is 3.50. The van der Waals surface area contributed by atoms with Crippen LogP contribution in [-0.2, 0) is 0 Å². The summed E-state index contributed by atoms with van der Waals surface area (Å²) in [6.07, 6.45) is -5.45. The first-order valence-corrected chi connectivity index (χ1v) is 4.55. The Balaban J connectivity index is 2.37. The van der Waals surface area contributed by atoms with Crippen molar-refractivity contribution in [3.05, 3.63) is 23.7 Å². The largest absolute Gasteiger partial charge is 0.458 e. The van der Waals surface area contributed by atoms with Crippen LogP contribution in [0.15, 0.2) is 16.5 Å². The first kappa shape index (κ1) is 11.8. The Labute approximate surface area is 85.1 Å². The summed E-state index contributed by atoms with van der Waals surface area (Å²) in [5.41, 5.74) is 0. The molecule has 15 heavy (non-hydrogen) atoms. The summed E-state index contributed by atoms with van der Waals surface area (Å²) in [7, 11) is 0. The van der Waals surface area contributed by atoms with Gasteiger partial charge in [-0.15, -0.1) is 0 Å². The fourth-order valence-corrected chi connectivity index (χ4v) is 1.16. The number of aryl methyl sites for hydroxylation is 1. The molecule has 84 valence electrons. The Bertz CT molecular complexity index is 339. The van der Waals surface area contributed by atoms with Crippen LogP contribution in [0.25, 0.3) is 0 Å². The number of carbonyl (C=O) groups excluding carboxylic acids is 1. The number of furan rings is 1. The van der Waals surface area contributed by atoms with E-state index in [1.165, 1.54) is 6.07 Å². The van der Waals surface area contributed by atoms with Crippen molar-refractivity contribution in [1.29, 1.82) is 0 Å². The molecule has 0 N–H and O–H groups in total. The lowest BCUT2D eigenvalue weighted by Gasteiger charge is -2.03. The Morgan fingerprint density at radius 1 is 1.40 bits per heavy atom. The monoisotopic (exact) mass is 220 g/mol. The molecule has 0 spiro atoms. The van der Waals surface area contributed by atoms with Crippen LogP contribution in [0.1, 0.15) is 35.6 Å². The van der Waals surface area contributed by atoms with E-state index in [0.29, 0.717) is 5.76 Å². The molecule has 0 radical (unpaired) electrons. The van der Waals surface area contributed by atoms with Gasteiger partial charge < -0.3 is 4.42 Å². The van der Waals surface area contributed by atoms with Gasteiger partial charge >= 0.3 is 6.18 Å². The molecule has 0 fully saturated rings. The van der Waals surface area contributed by atoms with E-state index in [-0.39, 0.29) is 24.4 Å². The second kappa shape index (κ2) is 4.51. The van der Waals surface area contributed by atoms with Crippen LogP contribution in [0.4, 0.5) is 13.2 Å². The molecular formula is C10H11F3O2. The predicted molar refractivity (Wildman–Crippen MR) is 47.7 cm³/mol. The van der Waals surface area contributed by atoms with Gasteiger partial charge in [-0.1, -0.05) is 0 Å². The summed E-state index contributed by atoms with van der Waals surface area (Å²) >= 11 is 0. The van der Waals surface area contributed by atoms with Crippen LogP contribution in [0, 0.1) is 6.92 Å². The van der Waals surface area contributed by atoms with Gasteiger partial charge in [-0.3, -0.25) is 4.79 Å². The maximum absolute atomic E-state index is 11.8. The van der Waals surface area contributed by atoms with Crippen molar-refractivity contribution in [1.82, 2.24) is 0 Å². The van der Waals surface area contributed by atoms with Crippen molar-refractivity contribution in [2.24, 2.45) is 0 Å². The molecule has 1 aromatic heterocycles. The van der Waals surface area contributed by atoms with Crippen LogP contribution >= 0.6 is 0 Å². The normalized spacial score (nSPS) is 11.7. The molecular weight excluding hydrogens is 209 g/mol. The van der Waals surface area contributed by atoms with Gasteiger partial charge in [0.15, 0.2) is 11.5 Å². The van der Waals surface area contributed by atoms with Gasteiger partial charge in [0.05, 0.1) is 0 Å². The highest BCUT2D eigenvalue weighted by molar-refractivity contribution is 5.93. The second-order valence-electron chi connectivity index (χ2n) is 3.30. The number of ketones is 1. The highest BCUT2D eigenvalue weighted by Gasteiger charge is 2.26. The highest BCUT2D eigenvalue weighted by atomic mass is 19.4. The molecule has 2 nitrogen and oxygen atoms in total. The molecule has 0 aliphatic carbocycles. The van der Waals surface area contributed by atoms with Gasteiger partial charge in [0.25, 0.3) is 0 Å². The molecule has 0 saturated heterocycles. The average molecular weight is 220 g/mol. The molecule has 5 heteroatoms. The Kier molecular flexibility index (Phi) is 3.55. The van der Waals surface area contributed by atoms with Gasteiger partial charge in [0.2, 0.25) is 0 Å². The maximum atomic E-state index is 11.8. The Morgan fingerprint density at radius 2 is 2.07 bits per heavy atom. The van der Waals surface area contributed by atoms with Crippen molar-refractivity contribution in [2.75, 3.05) is 0 Å². The summed E-state index contributed by atoms with van der Waals surface area (Å²) in [5, 5.41) is 0. The summed E-state index contributed by atoms with van der Waals surface area (Å²) in [6.45, 7) is 1.67. The van der Waals surface area contributed by atoms with Crippen LogP contribution in [0.5, 0.6) is 0 Å². The number of hydrogen-bond donors (Lipinski definition) is 0. The third-order valence-corrected chi connectivity index (χ3v) is 1.88. The standard InChI is InChI=1S/C10H11F3O2/c1-7-4-5-9(15-7)8(14)3-2-6-10(11,12)13/h4-5H,2-3,6H2,1H3.